The van der Waals surface area contributed by atoms with Crippen LogP contribution >= 0.6 is 0 Å². The first-order valence-electron chi connectivity index (χ1n) is 5.54. The maximum Gasteiger partial charge on any atom is 0.146 e. The molecule has 1 aromatic carbocycles. The van der Waals surface area contributed by atoms with Gasteiger partial charge in [0.15, 0.2) is 0 Å². The molecule has 0 saturated carbocycles. The van der Waals surface area contributed by atoms with Crippen molar-refractivity contribution in [2.24, 2.45) is 0 Å². The number of rotatable bonds is 3. The summed E-state index contributed by atoms with van der Waals surface area (Å²) in [6.45, 7) is 2.58. The van der Waals surface area contributed by atoms with Gasteiger partial charge >= 0.3 is 0 Å². The van der Waals surface area contributed by atoms with Gasteiger partial charge in [0.25, 0.3) is 0 Å². The van der Waals surface area contributed by atoms with E-state index in [1.807, 2.05) is 12.1 Å². The van der Waals surface area contributed by atoms with Gasteiger partial charge in [-0.15, -0.1) is 0 Å². The molecule has 16 heavy (non-hydrogen) atoms. The lowest BCUT2D eigenvalue weighted by Crippen LogP contribution is -1.97. The van der Waals surface area contributed by atoms with E-state index >= 15 is 0 Å². The molecular weight excluding hydrogens is 205 g/mol. The van der Waals surface area contributed by atoms with Crippen molar-refractivity contribution in [2.45, 2.75) is 26.1 Å². The minimum Gasteiger partial charge on any atom is -0.392 e. The van der Waals surface area contributed by atoms with Crippen LogP contribution in [-0.4, -0.2) is 7.05 Å². The predicted molar refractivity (Wildman–Crippen MR) is 62.4 cm³/mol. The molecular formula is C13H16FNO. The van der Waals surface area contributed by atoms with Gasteiger partial charge in [0, 0.05) is 18.8 Å². The van der Waals surface area contributed by atoms with Crippen molar-refractivity contribution in [2.75, 3.05) is 7.05 Å². The van der Waals surface area contributed by atoms with Crippen molar-refractivity contribution in [1.29, 1.82) is 0 Å². The zero-order valence-corrected chi connectivity index (χ0v) is 9.59. The second kappa shape index (κ2) is 4.66. The molecule has 2 rings (SSSR count). The Balaban J connectivity index is 2.43. The number of halogens is 1. The van der Waals surface area contributed by atoms with Gasteiger partial charge in [0.1, 0.15) is 5.83 Å². The standard InChI is InChI=1S/C13H16FNO/c1-3-13-10-6-4-5-9(11(10)8-16-13)12(14)7-15-2/h4-7,13,15H,3,8H2,1-2H3/b12-7-. The molecule has 0 spiro atoms. The summed E-state index contributed by atoms with van der Waals surface area (Å²) in [5.74, 6) is -0.236. The first kappa shape index (κ1) is 11.1. The molecule has 0 bridgehead atoms. The van der Waals surface area contributed by atoms with Crippen LogP contribution in [0.1, 0.15) is 36.1 Å². The second-order valence-corrected chi connectivity index (χ2v) is 3.86. The fourth-order valence-electron chi connectivity index (χ4n) is 2.11. The third-order valence-corrected chi connectivity index (χ3v) is 2.89. The highest BCUT2D eigenvalue weighted by Gasteiger charge is 2.24. The van der Waals surface area contributed by atoms with Gasteiger partial charge in [-0.3, -0.25) is 0 Å². The van der Waals surface area contributed by atoms with E-state index in [9.17, 15) is 4.39 Å². The summed E-state index contributed by atoms with van der Waals surface area (Å²) in [7, 11) is 1.69. The lowest BCUT2D eigenvalue weighted by atomic mass is 9.98. The largest absolute Gasteiger partial charge is 0.392 e. The van der Waals surface area contributed by atoms with Crippen molar-refractivity contribution in [3.63, 3.8) is 0 Å². The minimum atomic E-state index is -0.236. The predicted octanol–water partition coefficient (Wildman–Crippen LogP) is 3.16. The zero-order valence-electron chi connectivity index (χ0n) is 9.59. The Morgan fingerprint density at radius 1 is 1.62 bits per heavy atom. The van der Waals surface area contributed by atoms with Gasteiger partial charge in [-0.2, -0.15) is 0 Å². The number of benzene rings is 1. The first-order chi connectivity index (χ1) is 7.77. The van der Waals surface area contributed by atoms with E-state index in [0.29, 0.717) is 12.2 Å². The van der Waals surface area contributed by atoms with E-state index in [0.717, 1.165) is 17.5 Å². The smallest absolute Gasteiger partial charge is 0.146 e. The highest BCUT2D eigenvalue weighted by Crippen LogP contribution is 2.36. The molecule has 1 aromatic rings. The topological polar surface area (TPSA) is 21.3 Å². The lowest BCUT2D eigenvalue weighted by Gasteiger charge is -2.08. The fraction of sp³-hybridized carbons (Fsp3) is 0.385. The second-order valence-electron chi connectivity index (χ2n) is 3.86. The molecule has 1 heterocycles. The molecule has 0 aliphatic carbocycles. The van der Waals surface area contributed by atoms with Crippen LogP contribution in [0.3, 0.4) is 0 Å². The third-order valence-electron chi connectivity index (χ3n) is 2.89. The maximum absolute atomic E-state index is 13.8. The van der Waals surface area contributed by atoms with Crippen LogP contribution in [0.5, 0.6) is 0 Å². The molecule has 0 fully saturated rings. The number of ether oxygens (including phenoxy) is 1. The van der Waals surface area contributed by atoms with Gasteiger partial charge < -0.3 is 10.1 Å². The van der Waals surface area contributed by atoms with Crippen LogP contribution in [0, 0.1) is 0 Å². The van der Waals surface area contributed by atoms with E-state index in [-0.39, 0.29) is 11.9 Å². The van der Waals surface area contributed by atoms with Gasteiger partial charge in [0.05, 0.1) is 12.7 Å². The highest BCUT2D eigenvalue weighted by molar-refractivity contribution is 5.64. The van der Waals surface area contributed by atoms with Crippen LogP contribution in [0.2, 0.25) is 0 Å². The maximum atomic E-state index is 13.8. The fourth-order valence-corrected chi connectivity index (χ4v) is 2.11. The Morgan fingerprint density at radius 2 is 2.44 bits per heavy atom. The highest BCUT2D eigenvalue weighted by atomic mass is 19.1. The van der Waals surface area contributed by atoms with Crippen molar-refractivity contribution in [3.8, 4) is 0 Å². The van der Waals surface area contributed by atoms with Gasteiger partial charge in [-0.25, -0.2) is 4.39 Å². The molecule has 1 N–H and O–H groups in total. The monoisotopic (exact) mass is 221 g/mol. The molecule has 1 aliphatic heterocycles. The molecule has 2 nitrogen and oxygen atoms in total. The zero-order chi connectivity index (χ0) is 11.5. The number of hydrogen-bond donors (Lipinski definition) is 1. The summed E-state index contributed by atoms with van der Waals surface area (Å²) < 4.78 is 19.4. The Labute approximate surface area is 95.1 Å². The van der Waals surface area contributed by atoms with Crippen molar-refractivity contribution < 1.29 is 9.13 Å². The van der Waals surface area contributed by atoms with E-state index in [1.165, 1.54) is 6.20 Å². The van der Waals surface area contributed by atoms with E-state index in [4.69, 9.17) is 4.74 Å². The van der Waals surface area contributed by atoms with Crippen LogP contribution in [0.25, 0.3) is 5.83 Å². The van der Waals surface area contributed by atoms with Crippen LogP contribution < -0.4 is 5.32 Å². The summed E-state index contributed by atoms with van der Waals surface area (Å²) in [4.78, 5) is 0. The third kappa shape index (κ3) is 1.83. The molecule has 1 atom stereocenters. The van der Waals surface area contributed by atoms with Gasteiger partial charge in [-0.1, -0.05) is 25.1 Å². The minimum absolute atomic E-state index is 0.123. The molecule has 1 unspecified atom stereocenters. The number of fused-ring (bicyclic) bond motifs is 1. The SMILES string of the molecule is CCC1OCc2c(/C(F)=C/NC)cccc21. The Hall–Kier alpha value is -1.35. The number of hydrogen-bond acceptors (Lipinski definition) is 2. The van der Waals surface area contributed by atoms with E-state index in [1.54, 1.807) is 13.1 Å². The average molecular weight is 221 g/mol. The molecule has 3 heteroatoms. The summed E-state index contributed by atoms with van der Waals surface area (Å²) in [6.07, 6.45) is 2.42. The molecule has 0 amide bonds. The van der Waals surface area contributed by atoms with Crippen molar-refractivity contribution in [1.82, 2.24) is 5.32 Å². The molecule has 0 saturated heterocycles. The van der Waals surface area contributed by atoms with Crippen molar-refractivity contribution in [3.05, 3.63) is 41.1 Å². The quantitative estimate of drug-likeness (QED) is 0.846. The molecule has 0 aromatic heterocycles. The summed E-state index contributed by atoms with van der Waals surface area (Å²) in [5.41, 5.74) is 2.75. The van der Waals surface area contributed by atoms with Crippen molar-refractivity contribution >= 4 is 5.83 Å². The Morgan fingerprint density at radius 3 is 3.12 bits per heavy atom. The summed E-state index contributed by atoms with van der Waals surface area (Å²) in [6, 6.07) is 5.70. The lowest BCUT2D eigenvalue weighted by molar-refractivity contribution is 0.0636. The molecule has 86 valence electrons. The van der Waals surface area contributed by atoms with E-state index < -0.39 is 0 Å². The number of nitrogens with one attached hydrogen (secondary N) is 1. The van der Waals surface area contributed by atoms with Gasteiger partial charge in [0.2, 0.25) is 0 Å². The van der Waals surface area contributed by atoms with E-state index in [2.05, 4.69) is 12.2 Å². The normalized spacial score (nSPS) is 19.7. The average Bonchev–Trinajstić information content (AvgIpc) is 2.71. The Bertz CT molecular complexity index is 414. The summed E-state index contributed by atoms with van der Waals surface area (Å²) >= 11 is 0. The van der Waals surface area contributed by atoms with Gasteiger partial charge in [-0.05, 0) is 17.5 Å². The first-order valence-corrected chi connectivity index (χ1v) is 5.54. The van der Waals surface area contributed by atoms with Crippen LogP contribution in [0.4, 0.5) is 4.39 Å². The van der Waals surface area contributed by atoms with Crippen LogP contribution in [-0.2, 0) is 11.3 Å². The summed E-state index contributed by atoms with van der Waals surface area (Å²) in [5, 5.41) is 2.70. The Kier molecular flexibility index (Phi) is 3.25. The molecule has 0 radical (unpaired) electrons. The van der Waals surface area contributed by atoms with Crippen LogP contribution in [0.15, 0.2) is 24.4 Å². The molecule has 1 aliphatic rings.